The zero-order chi connectivity index (χ0) is 37.3. The molecule has 0 spiro atoms. The molecule has 3 rings (SSSR count). The molecular formula is C32H37NO17. The molecule has 1 amide bonds. The number of nitrogens with one attached hydrogen (secondary N) is 1. The molecule has 1 aliphatic heterocycles. The lowest BCUT2D eigenvalue weighted by Crippen LogP contribution is -2.70. The molecule has 18 nitrogen and oxygen atoms in total. The van der Waals surface area contributed by atoms with E-state index in [1.807, 2.05) is 0 Å². The van der Waals surface area contributed by atoms with E-state index in [4.69, 9.17) is 42.3 Å². The van der Waals surface area contributed by atoms with Gasteiger partial charge in [0.05, 0.1) is 33.1 Å². The van der Waals surface area contributed by atoms with Crippen molar-refractivity contribution in [2.45, 2.75) is 83.7 Å². The molecule has 50 heavy (non-hydrogen) atoms. The highest BCUT2D eigenvalue weighted by Crippen LogP contribution is 2.38. The highest BCUT2D eigenvalue weighted by Gasteiger charge is 2.60. The van der Waals surface area contributed by atoms with Gasteiger partial charge in [-0.15, -0.1) is 0 Å². The fourth-order valence-electron chi connectivity index (χ4n) is 5.34. The van der Waals surface area contributed by atoms with E-state index in [0.717, 1.165) is 47.8 Å². The third-order valence-corrected chi connectivity index (χ3v) is 7.14. The molecule has 1 aromatic carbocycles. The molecule has 18 heteroatoms. The number of benzene rings is 1. The van der Waals surface area contributed by atoms with Crippen LogP contribution in [-0.2, 0) is 73.1 Å². The van der Waals surface area contributed by atoms with Gasteiger partial charge < -0.3 is 47.6 Å². The van der Waals surface area contributed by atoms with Crippen LogP contribution in [0.2, 0.25) is 0 Å². The smallest absolute Gasteiger partial charge is 0.379 e. The van der Waals surface area contributed by atoms with Gasteiger partial charge in [0.1, 0.15) is 30.1 Å². The van der Waals surface area contributed by atoms with Crippen molar-refractivity contribution >= 4 is 52.7 Å². The second kappa shape index (κ2) is 16.7. The second-order valence-corrected chi connectivity index (χ2v) is 11.0. The predicted octanol–water partition coefficient (Wildman–Crippen LogP) is 0.408. The molecule has 1 N–H and O–H groups in total. The summed E-state index contributed by atoms with van der Waals surface area (Å²) in [5.41, 5.74) is -0.609. The average molecular weight is 708 g/mol. The van der Waals surface area contributed by atoms with Gasteiger partial charge in [-0.2, -0.15) is 0 Å². The number of carbonyl (C=O) groups is 7. The summed E-state index contributed by atoms with van der Waals surface area (Å²) in [6, 6.07) is 3.69. The van der Waals surface area contributed by atoms with Crippen LogP contribution in [0.4, 0.5) is 0 Å². The van der Waals surface area contributed by atoms with Crippen LogP contribution in [0.1, 0.15) is 46.6 Å². The third kappa shape index (κ3) is 10.0. The van der Waals surface area contributed by atoms with Crippen LogP contribution < -0.4 is 15.7 Å². The summed E-state index contributed by atoms with van der Waals surface area (Å²) in [7, 11) is 2.18. The largest absolute Gasteiger partial charge is 0.469 e. The number of hydrogen-bond acceptors (Lipinski definition) is 17. The third-order valence-electron chi connectivity index (χ3n) is 7.14. The predicted molar refractivity (Wildman–Crippen MR) is 164 cm³/mol. The number of fused-ring (bicyclic) bond motifs is 1. The first-order valence-corrected chi connectivity index (χ1v) is 15.0. The topological polar surface area (TPSA) is 236 Å². The maximum atomic E-state index is 13.6. The van der Waals surface area contributed by atoms with Crippen molar-refractivity contribution in [2.24, 2.45) is 0 Å². The van der Waals surface area contributed by atoms with E-state index < -0.39 is 96.6 Å². The number of hydrogen-bond donors (Lipinski definition) is 1. The summed E-state index contributed by atoms with van der Waals surface area (Å²) in [5.74, 6) is -8.75. The lowest BCUT2D eigenvalue weighted by molar-refractivity contribution is -0.289. The van der Waals surface area contributed by atoms with E-state index in [0.29, 0.717) is 5.39 Å². The van der Waals surface area contributed by atoms with E-state index >= 15 is 0 Å². The zero-order valence-corrected chi connectivity index (χ0v) is 28.3. The van der Waals surface area contributed by atoms with Gasteiger partial charge in [-0.05, 0) is 17.7 Å². The van der Waals surface area contributed by atoms with Gasteiger partial charge in [-0.1, -0.05) is 0 Å². The summed E-state index contributed by atoms with van der Waals surface area (Å²) in [6.45, 7) is 4.60. The van der Waals surface area contributed by atoms with Gasteiger partial charge in [0, 0.05) is 52.1 Å². The van der Waals surface area contributed by atoms with Gasteiger partial charge in [0.2, 0.25) is 5.91 Å². The van der Waals surface area contributed by atoms with Gasteiger partial charge in [-0.25, -0.2) is 9.59 Å². The summed E-state index contributed by atoms with van der Waals surface area (Å²) in [6.07, 6.45) is -7.47. The van der Waals surface area contributed by atoms with E-state index in [1.54, 1.807) is 0 Å². The Morgan fingerprint density at radius 3 is 2.14 bits per heavy atom. The average Bonchev–Trinajstić information content (AvgIpc) is 3.01. The van der Waals surface area contributed by atoms with Crippen molar-refractivity contribution in [1.29, 1.82) is 0 Å². The van der Waals surface area contributed by atoms with Crippen molar-refractivity contribution in [1.82, 2.24) is 5.32 Å². The molecule has 1 aromatic heterocycles. The van der Waals surface area contributed by atoms with Crippen LogP contribution >= 0.6 is 0 Å². The Morgan fingerprint density at radius 2 is 1.58 bits per heavy atom. The maximum Gasteiger partial charge on any atom is 0.379 e. The molecule has 0 saturated carbocycles. The van der Waals surface area contributed by atoms with E-state index in [9.17, 15) is 38.4 Å². The molecule has 2 aromatic rings. The first-order chi connectivity index (χ1) is 23.5. The maximum absolute atomic E-state index is 13.6. The molecule has 0 bridgehead atoms. The highest BCUT2D eigenvalue weighted by atomic mass is 16.7. The minimum Gasteiger partial charge on any atom is -0.469 e. The number of methoxy groups -OCH3 is 2. The highest BCUT2D eigenvalue weighted by molar-refractivity contribution is 5.86. The van der Waals surface area contributed by atoms with Gasteiger partial charge >= 0.3 is 47.2 Å². The van der Waals surface area contributed by atoms with E-state index in [1.165, 1.54) is 25.3 Å². The van der Waals surface area contributed by atoms with Gasteiger partial charge in [0.15, 0.2) is 12.2 Å². The normalized spacial score (nSPS) is 21.1. The first-order valence-electron chi connectivity index (χ1n) is 15.0. The van der Waals surface area contributed by atoms with Crippen molar-refractivity contribution in [3.05, 3.63) is 40.2 Å². The molecule has 272 valence electrons. The van der Waals surface area contributed by atoms with E-state index in [2.05, 4.69) is 5.32 Å². The first kappa shape index (κ1) is 38.9. The fraction of sp³-hybridized carbons (Fsp3) is 0.500. The Hall–Kier alpha value is -5.52. The molecule has 2 heterocycles. The standard InChI is InChI=1S/C32H37NO17/c1-15(34)33-28-24(45-17(3)36)13-32(31(41)43-7,50-30(28)29(47-19(5)38)25(46-18(4)37)14-44-16(2)35)49-21-8-9-22-20(10-26(39)42-6)11-27(40)48-23(22)12-21/h8-9,11-12,24-25,28-30H,10,13-14H2,1-7H3,(H,33,34)/t24?,25-,28?,29-,30?,32?/m1/s1. The van der Waals surface area contributed by atoms with Crippen molar-refractivity contribution in [3.63, 3.8) is 0 Å². The Kier molecular flexibility index (Phi) is 13.0. The summed E-state index contributed by atoms with van der Waals surface area (Å²) < 4.78 is 48.8. The SMILES string of the molecule is COC(=O)Cc1cc(=O)oc2cc(OC3(C(=O)OC)CC(OC(C)=O)C(NC(C)=O)C([C@H](OC(C)=O)[C@@H](COC(C)=O)OC(C)=O)O3)ccc12. The molecule has 0 radical (unpaired) electrons. The number of rotatable bonds is 13. The lowest BCUT2D eigenvalue weighted by atomic mass is 9.88. The molecule has 1 aliphatic rings. The number of esters is 6. The van der Waals surface area contributed by atoms with Gasteiger partial charge in [0.25, 0.3) is 0 Å². The monoisotopic (exact) mass is 707 g/mol. The lowest BCUT2D eigenvalue weighted by Gasteiger charge is -2.48. The Bertz CT molecular complexity index is 1700. The molecule has 6 atom stereocenters. The molecular weight excluding hydrogens is 670 g/mol. The van der Waals surface area contributed by atoms with Crippen LogP contribution in [-0.4, -0.2) is 98.8 Å². The van der Waals surface area contributed by atoms with Crippen molar-refractivity contribution < 1.29 is 75.9 Å². The van der Waals surface area contributed by atoms with Crippen LogP contribution in [0.25, 0.3) is 11.0 Å². The molecule has 1 saturated heterocycles. The zero-order valence-electron chi connectivity index (χ0n) is 28.3. The van der Waals surface area contributed by atoms with Crippen LogP contribution in [0, 0.1) is 0 Å². The minimum absolute atomic E-state index is 0.0666. The Morgan fingerprint density at radius 1 is 0.900 bits per heavy atom. The van der Waals surface area contributed by atoms with Crippen LogP contribution in [0.5, 0.6) is 5.75 Å². The number of ether oxygens (including phenoxy) is 8. The van der Waals surface area contributed by atoms with Crippen molar-refractivity contribution in [3.8, 4) is 5.75 Å². The van der Waals surface area contributed by atoms with Crippen molar-refractivity contribution in [2.75, 3.05) is 20.8 Å². The Labute approximate surface area is 284 Å². The second-order valence-electron chi connectivity index (χ2n) is 11.0. The van der Waals surface area contributed by atoms with Crippen LogP contribution in [0.3, 0.4) is 0 Å². The van der Waals surface area contributed by atoms with Crippen LogP contribution in [0.15, 0.2) is 33.5 Å². The quantitative estimate of drug-likeness (QED) is 0.169. The molecule has 4 unspecified atom stereocenters. The van der Waals surface area contributed by atoms with Gasteiger partial charge in [-0.3, -0.25) is 28.8 Å². The summed E-state index contributed by atoms with van der Waals surface area (Å²) >= 11 is 0. The molecule has 0 aliphatic carbocycles. The van der Waals surface area contributed by atoms with E-state index in [-0.39, 0.29) is 23.3 Å². The minimum atomic E-state index is -2.56. The fourth-order valence-corrected chi connectivity index (χ4v) is 5.34. The number of amides is 1. The summed E-state index contributed by atoms with van der Waals surface area (Å²) in [5, 5.41) is 2.88. The Balaban J connectivity index is 2.25. The number of carbonyl (C=O) groups excluding carboxylic acids is 7. The molecule has 1 fully saturated rings. The summed E-state index contributed by atoms with van der Waals surface area (Å²) in [4.78, 5) is 99.1.